The standard InChI is InChI=1S/C26H36N6O/c1-7-26(4,5)32-25(27-28-29-32)24(21-10-12-22(33-6)13-11-21)31-16-14-30(15-17-31)23-18-19(2)8-9-20(23)3/h8-13,18,24H,7,14-17H2,1-6H3/t24-/m0/s1. The fourth-order valence-electron chi connectivity index (χ4n) is 4.54. The van der Waals surface area contributed by atoms with Crippen molar-refractivity contribution in [3.05, 3.63) is 65.0 Å². The number of hydrogen-bond acceptors (Lipinski definition) is 6. The number of rotatable bonds is 7. The number of nitrogens with zero attached hydrogens (tertiary/aromatic N) is 6. The summed E-state index contributed by atoms with van der Waals surface area (Å²) in [6, 6.07) is 15.0. The van der Waals surface area contributed by atoms with Crippen LogP contribution in [0.25, 0.3) is 0 Å². The van der Waals surface area contributed by atoms with E-state index in [1.165, 1.54) is 22.4 Å². The minimum absolute atomic E-state index is 0.0162. The van der Waals surface area contributed by atoms with Gasteiger partial charge in [0, 0.05) is 31.9 Å². The Balaban J connectivity index is 1.65. The molecule has 1 aliphatic heterocycles. The lowest BCUT2D eigenvalue weighted by Crippen LogP contribution is -2.49. The molecule has 176 valence electrons. The second kappa shape index (κ2) is 9.51. The number of aryl methyl sites for hydroxylation is 2. The number of methoxy groups -OCH3 is 1. The number of tetrazole rings is 1. The molecule has 1 saturated heterocycles. The Kier molecular flexibility index (Phi) is 6.70. The minimum atomic E-state index is -0.163. The summed E-state index contributed by atoms with van der Waals surface area (Å²) in [6.07, 6.45) is 0.945. The quantitative estimate of drug-likeness (QED) is 0.535. The van der Waals surface area contributed by atoms with Gasteiger partial charge < -0.3 is 9.64 Å². The molecule has 1 fully saturated rings. The SMILES string of the molecule is CCC(C)(C)n1nnnc1[C@H](c1ccc(OC)cc1)N1CCN(c2cc(C)ccc2C)CC1. The maximum absolute atomic E-state index is 5.40. The van der Waals surface area contributed by atoms with Crippen LogP contribution < -0.4 is 9.64 Å². The van der Waals surface area contributed by atoms with Crippen molar-refractivity contribution in [1.82, 2.24) is 25.1 Å². The van der Waals surface area contributed by atoms with E-state index in [1.807, 2.05) is 16.8 Å². The van der Waals surface area contributed by atoms with E-state index < -0.39 is 0 Å². The van der Waals surface area contributed by atoms with Crippen LogP contribution in [0.4, 0.5) is 5.69 Å². The normalized spacial score (nSPS) is 16.1. The molecule has 0 saturated carbocycles. The van der Waals surface area contributed by atoms with E-state index in [2.05, 4.69) is 90.3 Å². The largest absolute Gasteiger partial charge is 0.497 e. The lowest BCUT2D eigenvalue weighted by molar-refractivity contribution is 0.187. The van der Waals surface area contributed by atoms with Gasteiger partial charge in [0.25, 0.3) is 0 Å². The molecule has 2 aromatic carbocycles. The zero-order chi connectivity index (χ0) is 23.6. The third-order valence-corrected chi connectivity index (χ3v) is 6.99. The van der Waals surface area contributed by atoms with Crippen LogP contribution in [-0.2, 0) is 5.54 Å². The number of benzene rings is 2. The van der Waals surface area contributed by atoms with Gasteiger partial charge in [-0.25, -0.2) is 4.68 Å². The minimum Gasteiger partial charge on any atom is -0.497 e. The average Bonchev–Trinajstić information content (AvgIpc) is 3.32. The van der Waals surface area contributed by atoms with Gasteiger partial charge in [-0.05, 0) is 79.4 Å². The lowest BCUT2D eigenvalue weighted by atomic mass is 9.99. The smallest absolute Gasteiger partial charge is 0.173 e. The van der Waals surface area contributed by atoms with E-state index in [1.54, 1.807) is 7.11 Å². The highest BCUT2D eigenvalue weighted by atomic mass is 16.5. The van der Waals surface area contributed by atoms with Crippen molar-refractivity contribution >= 4 is 5.69 Å². The van der Waals surface area contributed by atoms with Crippen molar-refractivity contribution in [2.45, 2.75) is 52.6 Å². The van der Waals surface area contributed by atoms with E-state index in [-0.39, 0.29) is 11.6 Å². The van der Waals surface area contributed by atoms with Gasteiger partial charge >= 0.3 is 0 Å². The molecule has 3 aromatic rings. The number of anilines is 1. The first-order valence-electron chi connectivity index (χ1n) is 11.8. The van der Waals surface area contributed by atoms with E-state index in [0.717, 1.165) is 44.2 Å². The number of hydrogen-bond donors (Lipinski definition) is 0. The molecule has 7 nitrogen and oxygen atoms in total. The first kappa shape index (κ1) is 23.2. The predicted molar refractivity (Wildman–Crippen MR) is 132 cm³/mol. The molecule has 7 heteroatoms. The van der Waals surface area contributed by atoms with Crippen molar-refractivity contribution in [2.24, 2.45) is 0 Å². The van der Waals surface area contributed by atoms with Crippen molar-refractivity contribution in [2.75, 3.05) is 38.2 Å². The summed E-state index contributed by atoms with van der Waals surface area (Å²) >= 11 is 0. The van der Waals surface area contributed by atoms with E-state index in [4.69, 9.17) is 4.74 Å². The Morgan fingerprint density at radius 2 is 1.70 bits per heavy atom. The van der Waals surface area contributed by atoms with Crippen LogP contribution in [0.2, 0.25) is 0 Å². The molecule has 0 aliphatic carbocycles. The van der Waals surface area contributed by atoms with E-state index >= 15 is 0 Å². The molecule has 0 unspecified atom stereocenters. The average molecular weight is 449 g/mol. The van der Waals surface area contributed by atoms with Crippen LogP contribution in [0.3, 0.4) is 0 Å². The van der Waals surface area contributed by atoms with Gasteiger partial charge in [0.05, 0.1) is 18.7 Å². The Morgan fingerprint density at radius 3 is 2.33 bits per heavy atom. The van der Waals surface area contributed by atoms with Gasteiger partial charge in [0.2, 0.25) is 0 Å². The van der Waals surface area contributed by atoms with Crippen LogP contribution in [0.1, 0.15) is 55.7 Å². The topological polar surface area (TPSA) is 59.3 Å². The molecule has 1 aromatic heterocycles. The molecule has 2 heterocycles. The molecular weight excluding hydrogens is 412 g/mol. The highest BCUT2D eigenvalue weighted by molar-refractivity contribution is 5.55. The van der Waals surface area contributed by atoms with Gasteiger partial charge in [0.15, 0.2) is 5.82 Å². The van der Waals surface area contributed by atoms with Gasteiger partial charge in [-0.15, -0.1) is 5.10 Å². The molecule has 0 N–H and O–H groups in total. The Labute approximate surface area is 197 Å². The van der Waals surface area contributed by atoms with Crippen molar-refractivity contribution in [3.63, 3.8) is 0 Å². The van der Waals surface area contributed by atoms with Gasteiger partial charge in [-0.1, -0.05) is 31.2 Å². The second-order valence-electron chi connectivity index (χ2n) is 9.60. The third-order valence-electron chi connectivity index (χ3n) is 6.99. The molecule has 0 amide bonds. The van der Waals surface area contributed by atoms with Crippen LogP contribution in [0.5, 0.6) is 5.75 Å². The molecule has 4 rings (SSSR count). The fourth-order valence-corrected chi connectivity index (χ4v) is 4.54. The monoisotopic (exact) mass is 448 g/mol. The summed E-state index contributed by atoms with van der Waals surface area (Å²) in [4.78, 5) is 5.01. The van der Waals surface area contributed by atoms with Crippen molar-refractivity contribution < 1.29 is 4.74 Å². The molecule has 0 radical (unpaired) electrons. The van der Waals surface area contributed by atoms with Crippen LogP contribution in [0.15, 0.2) is 42.5 Å². The predicted octanol–water partition coefficient (Wildman–Crippen LogP) is 4.36. The zero-order valence-electron chi connectivity index (χ0n) is 20.7. The molecular formula is C26H36N6O. The summed E-state index contributed by atoms with van der Waals surface area (Å²) < 4.78 is 7.41. The van der Waals surface area contributed by atoms with E-state index in [0.29, 0.717) is 0 Å². The highest BCUT2D eigenvalue weighted by Crippen LogP contribution is 2.33. The molecule has 1 aliphatic rings. The van der Waals surface area contributed by atoms with Crippen LogP contribution in [-0.4, -0.2) is 58.4 Å². The van der Waals surface area contributed by atoms with Gasteiger partial charge in [-0.3, -0.25) is 4.90 Å². The molecule has 33 heavy (non-hydrogen) atoms. The maximum Gasteiger partial charge on any atom is 0.173 e. The summed E-state index contributed by atoms with van der Waals surface area (Å²) in [5, 5.41) is 13.1. The number of piperazine rings is 1. The number of aromatic nitrogens is 4. The summed E-state index contributed by atoms with van der Waals surface area (Å²) in [7, 11) is 1.70. The van der Waals surface area contributed by atoms with Crippen molar-refractivity contribution in [1.29, 1.82) is 0 Å². The van der Waals surface area contributed by atoms with Gasteiger partial charge in [0.1, 0.15) is 5.75 Å². The molecule has 0 bridgehead atoms. The Bertz CT molecular complexity index is 1070. The first-order valence-corrected chi connectivity index (χ1v) is 11.8. The van der Waals surface area contributed by atoms with Gasteiger partial charge in [-0.2, -0.15) is 0 Å². The molecule has 1 atom stereocenters. The summed E-state index contributed by atoms with van der Waals surface area (Å²) in [5.74, 6) is 1.75. The van der Waals surface area contributed by atoms with Crippen LogP contribution >= 0.6 is 0 Å². The summed E-state index contributed by atoms with van der Waals surface area (Å²) in [5.41, 5.74) is 4.99. The Hall–Kier alpha value is -2.93. The zero-order valence-corrected chi connectivity index (χ0v) is 20.7. The maximum atomic E-state index is 5.40. The third kappa shape index (κ3) is 4.74. The number of ether oxygens (including phenoxy) is 1. The first-order chi connectivity index (χ1) is 15.8. The van der Waals surface area contributed by atoms with Crippen LogP contribution in [0, 0.1) is 13.8 Å². The Morgan fingerprint density at radius 1 is 1.00 bits per heavy atom. The summed E-state index contributed by atoms with van der Waals surface area (Å²) in [6.45, 7) is 14.7. The van der Waals surface area contributed by atoms with E-state index in [9.17, 15) is 0 Å². The second-order valence-corrected chi connectivity index (χ2v) is 9.60. The highest BCUT2D eigenvalue weighted by Gasteiger charge is 2.34. The van der Waals surface area contributed by atoms with Crippen molar-refractivity contribution in [3.8, 4) is 5.75 Å². The lowest BCUT2D eigenvalue weighted by Gasteiger charge is -2.41. The molecule has 0 spiro atoms. The fraction of sp³-hybridized carbons (Fsp3) is 0.500.